The van der Waals surface area contributed by atoms with E-state index in [0.717, 1.165) is 11.4 Å². The molecule has 1 heterocycles. The molecule has 1 N–H and O–H groups in total. The molecule has 84 valence electrons. The first kappa shape index (κ1) is 11.0. The fourth-order valence-corrected chi connectivity index (χ4v) is 2.10. The van der Waals surface area contributed by atoms with Gasteiger partial charge in [-0.1, -0.05) is 11.8 Å². The van der Waals surface area contributed by atoms with Gasteiger partial charge in [-0.3, -0.25) is 4.79 Å². The quantitative estimate of drug-likeness (QED) is 0.853. The van der Waals surface area contributed by atoms with Crippen molar-refractivity contribution in [2.24, 2.45) is 4.99 Å². The maximum atomic E-state index is 11.2. The lowest BCUT2D eigenvalue weighted by Gasteiger charge is -2.00. The highest BCUT2D eigenvalue weighted by atomic mass is 32.2. The minimum Gasteiger partial charge on any atom is -0.497 e. The first-order chi connectivity index (χ1) is 7.69. The third-order valence-corrected chi connectivity index (χ3v) is 3.18. The van der Waals surface area contributed by atoms with Crippen molar-refractivity contribution in [1.82, 2.24) is 5.32 Å². The number of carbonyl (C=O) groups is 1. The number of methoxy groups -OCH3 is 1. The Hall–Kier alpha value is -1.49. The van der Waals surface area contributed by atoms with Gasteiger partial charge in [0.2, 0.25) is 5.91 Å². The summed E-state index contributed by atoms with van der Waals surface area (Å²) in [5, 5.41) is 3.32. The van der Waals surface area contributed by atoms with Gasteiger partial charge < -0.3 is 10.1 Å². The van der Waals surface area contributed by atoms with E-state index in [-0.39, 0.29) is 11.2 Å². The Balaban J connectivity index is 2.14. The Labute approximate surface area is 98.1 Å². The van der Waals surface area contributed by atoms with Crippen LogP contribution in [0.1, 0.15) is 6.92 Å². The van der Waals surface area contributed by atoms with Crippen molar-refractivity contribution < 1.29 is 9.53 Å². The number of amides is 1. The zero-order chi connectivity index (χ0) is 11.5. The molecule has 0 unspecified atom stereocenters. The summed E-state index contributed by atoms with van der Waals surface area (Å²) in [5.74, 6) is 0.803. The first-order valence-corrected chi connectivity index (χ1v) is 5.77. The van der Waals surface area contributed by atoms with E-state index in [1.807, 2.05) is 31.2 Å². The standard InChI is InChI=1S/C11H12N2O2S/c1-7-10(14)13-11(16-7)12-8-3-5-9(15-2)6-4-8/h3-7H,1-2H3,(H,12,13,14)/t7-/m1/s1. The Bertz CT molecular complexity index is 428. The smallest absolute Gasteiger partial charge is 0.239 e. The van der Waals surface area contributed by atoms with Gasteiger partial charge >= 0.3 is 0 Å². The number of hydrogen-bond acceptors (Lipinski definition) is 4. The van der Waals surface area contributed by atoms with Gasteiger partial charge in [-0.2, -0.15) is 0 Å². The molecule has 0 aliphatic carbocycles. The Morgan fingerprint density at radius 2 is 2.06 bits per heavy atom. The van der Waals surface area contributed by atoms with Gasteiger partial charge in [0.25, 0.3) is 0 Å². The predicted octanol–water partition coefficient (Wildman–Crippen LogP) is 1.93. The maximum absolute atomic E-state index is 11.2. The Morgan fingerprint density at radius 3 is 2.56 bits per heavy atom. The fourth-order valence-electron chi connectivity index (χ4n) is 1.29. The molecular formula is C11H12N2O2S. The summed E-state index contributed by atoms with van der Waals surface area (Å²) >= 11 is 1.44. The lowest BCUT2D eigenvalue weighted by Crippen LogP contribution is -2.23. The van der Waals surface area contributed by atoms with Crippen LogP contribution in [0.25, 0.3) is 0 Å². The van der Waals surface area contributed by atoms with E-state index in [0.29, 0.717) is 5.17 Å². The van der Waals surface area contributed by atoms with Gasteiger partial charge in [-0.15, -0.1) is 0 Å². The lowest BCUT2D eigenvalue weighted by atomic mass is 10.3. The van der Waals surface area contributed by atoms with Gasteiger partial charge in [0.1, 0.15) is 5.75 Å². The number of ether oxygens (including phenoxy) is 1. The van der Waals surface area contributed by atoms with E-state index in [2.05, 4.69) is 10.3 Å². The average Bonchev–Trinajstić information content (AvgIpc) is 2.59. The summed E-state index contributed by atoms with van der Waals surface area (Å²) in [5.41, 5.74) is 0.803. The molecule has 0 bridgehead atoms. The lowest BCUT2D eigenvalue weighted by molar-refractivity contribution is -0.118. The molecule has 1 amide bonds. The molecule has 1 aliphatic rings. The van der Waals surface area contributed by atoms with Crippen molar-refractivity contribution in [2.45, 2.75) is 12.2 Å². The molecule has 0 aromatic heterocycles. The fraction of sp³-hybridized carbons (Fsp3) is 0.273. The van der Waals surface area contributed by atoms with Crippen LogP contribution in [-0.4, -0.2) is 23.4 Å². The molecule has 1 atom stereocenters. The molecule has 1 aromatic carbocycles. The molecule has 1 fully saturated rings. The predicted molar refractivity (Wildman–Crippen MR) is 65.3 cm³/mol. The van der Waals surface area contributed by atoms with E-state index < -0.39 is 0 Å². The molecule has 4 nitrogen and oxygen atoms in total. The van der Waals surface area contributed by atoms with Crippen molar-refractivity contribution in [1.29, 1.82) is 0 Å². The van der Waals surface area contributed by atoms with Crippen LogP contribution in [0.2, 0.25) is 0 Å². The third-order valence-electron chi connectivity index (χ3n) is 2.19. The summed E-state index contributed by atoms with van der Waals surface area (Å²) in [6.45, 7) is 1.86. The second-order valence-corrected chi connectivity index (χ2v) is 4.69. The van der Waals surface area contributed by atoms with Gasteiger partial charge in [0, 0.05) is 0 Å². The van der Waals surface area contributed by atoms with Crippen molar-refractivity contribution in [3.8, 4) is 5.75 Å². The molecule has 5 heteroatoms. The number of amidine groups is 1. The summed E-state index contributed by atoms with van der Waals surface area (Å²) in [6, 6.07) is 7.37. The average molecular weight is 236 g/mol. The monoisotopic (exact) mass is 236 g/mol. The molecule has 1 aromatic rings. The van der Waals surface area contributed by atoms with Gasteiger partial charge in [-0.05, 0) is 31.2 Å². The summed E-state index contributed by atoms with van der Waals surface area (Å²) in [4.78, 5) is 15.6. The van der Waals surface area contributed by atoms with Gasteiger partial charge in [-0.25, -0.2) is 4.99 Å². The van der Waals surface area contributed by atoms with Crippen LogP contribution in [0.3, 0.4) is 0 Å². The van der Waals surface area contributed by atoms with Crippen LogP contribution in [-0.2, 0) is 4.79 Å². The second-order valence-electron chi connectivity index (χ2n) is 3.36. The second kappa shape index (κ2) is 4.57. The highest BCUT2D eigenvalue weighted by Crippen LogP contribution is 2.23. The molecule has 1 saturated heterocycles. The van der Waals surface area contributed by atoms with E-state index in [9.17, 15) is 4.79 Å². The van der Waals surface area contributed by atoms with Crippen LogP contribution in [0.15, 0.2) is 29.3 Å². The summed E-state index contributed by atoms with van der Waals surface area (Å²) in [6.07, 6.45) is 0. The molecule has 2 rings (SSSR count). The number of nitrogens with zero attached hydrogens (tertiary/aromatic N) is 1. The molecule has 0 spiro atoms. The zero-order valence-corrected chi connectivity index (χ0v) is 9.88. The Kier molecular flexibility index (Phi) is 3.14. The van der Waals surface area contributed by atoms with E-state index in [1.165, 1.54) is 11.8 Å². The number of carbonyl (C=O) groups excluding carboxylic acids is 1. The van der Waals surface area contributed by atoms with Crippen LogP contribution in [0.4, 0.5) is 5.69 Å². The summed E-state index contributed by atoms with van der Waals surface area (Å²) < 4.78 is 5.05. The largest absolute Gasteiger partial charge is 0.497 e. The van der Waals surface area contributed by atoms with Gasteiger partial charge in [0.15, 0.2) is 5.17 Å². The highest BCUT2D eigenvalue weighted by molar-refractivity contribution is 8.15. The number of rotatable bonds is 2. The van der Waals surface area contributed by atoms with E-state index in [4.69, 9.17) is 4.74 Å². The Morgan fingerprint density at radius 1 is 1.38 bits per heavy atom. The SMILES string of the molecule is COc1ccc(N=C2NC(=O)[C@@H](C)S2)cc1. The van der Waals surface area contributed by atoms with Crippen LogP contribution < -0.4 is 10.1 Å². The topological polar surface area (TPSA) is 50.7 Å². The molecular weight excluding hydrogens is 224 g/mol. The molecule has 16 heavy (non-hydrogen) atoms. The van der Waals surface area contributed by atoms with Crippen LogP contribution in [0, 0.1) is 0 Å². The van der Waals surface area contributed by atoms with Crippen molar-refractivity contribution in [2.75, 3.05) is 7.11 Å². The number of benzene rings is 1. The third kappa shape index (κ3) is 2.36. The molecule has 0 radical (unpaired) electrons. The molecule has 0 saturated carbocycles. The molecule has 1 aliphatic heterocycles. The van der Waals surface area contributed by atoms with Crippen molar-refractivity contribution >= 4 is 28.5 Å². The number of nitrogens with one attached hydrogen (secondary N) is 1. The van der Waals surface area contributed by atoms with Crippen LogP contribution >= 0.6 is 11.8 Å². The number of aliphatic imine (C=N–C) groups is 1. The van der Waals surface area contributed by atoms with Crippen molar-refractivity contribution in [3.05, 3.63) is 24.3 Å². The number of thioether (sulfide) groups is 1. The number of hydrogen-bond donors (Lipinski definition) is 1. The first-order valence-electron chi connectivity index (χ1n) is 4.89. The van der Waals surface area contributed by atoms with Gasteiger partial charge in [0.05, 0.1) is 18.0 Å². The van der Waals surface area contributed by atoms with E-state index >= 15 is 0 Å². The minimum atomic E-state index is -0.0583. The van der Waals surface area contributed by atoms with Crippen LogP contribution in [0.5, 0.6) is 5.75 Å². The van der Waals surface area contributed by atoms with E-state index in [1.54, 1.807) is 7.11 Å². The minimum absolute atomic E-state index is 0.0114. The van der Waals surface area contributed by atoms with Crippen molar-refractivity contribution in [3.63, 3.8) is 0 Å². The maximum Gasteiger partial charge on any atom is 0.239 e. The normalized spacial score (nSPS) is 22.2. The zero-order valence-electron chi connectivity index (χ0n) is 9.06. The highest BCUT2D eigenvalue weighted by Gasteiger charge is 2.25. The summed E-state index contributed by atoms with van der Waals surface area (Å²) in [7, 11) is 1.62.